The summed E-state index contributed by atoms with van der Waals surface area (Å²) in [5.74, 6) is 1.13. The molecule has 0 spiro atoms. The van der Waals surface area contributed by atoms with Crippen LogP contribution in [0.15, 0.2) is 30.9 Å². The topological polar surface area (TPSA) is 73.6 Å². The lowest BCUT2D eigenvalue weighted by Crippen LogP contribution is -2.18. The Kier molecular flexibility index (Phi) is 4.61. The molecule has 1 atom stereocenters. The lowest BCUT2D eigenvalue weighted by atomic mass is 10.1. The van der Waals surface area contributed by atoms with Gasteiger partial charge in [0.25, 0.3) is 5.88 Å². The minimum Gasteiger partial charge on any atom is -0.494 e. The highest BCUT2D eigenvalue weighted by Gasteiger charge is 2.16. The van der Waals surface area contributed by atoms with Crippen molar-refractivity contribution >= 4 is 5.65 Å². The van der Waals surface area contributed by atoms with E-state index in [1.165, 1.54) is 0 Å². The molecular formula is C17H21N5O2. The average Bonchev–Trinajstić information content (AvgIpc) is 3.09. The van der Waals surface area contributed by atoms with Crippen LogP contribution in [0.5, 0.6) is 11.6 Å². The van der Waals surface area contributed by atoms with E-state index < -0.39 is 0 Å². The molecule has 0 saturated heterocycles. The Bertz CT molecular complexity index is 846. The van der Waals surface area contributed by atoms with E-state index >= 15 is 0 Å². The second-order valence-corrected chi connectivity index (χ2v) is 5.38. The molecule has 3 aromatic rings. The molecule has 7 nitrogen and oxygen atoms in total. The summed E-state index contributed by atoms with van der Waals surface area (Å²) in [4.78, 5) is 13.3. The highest BCUT2D eigenvalue weighted by atomic mass is 16.5. The quantitative estimate of drug-likeness (QED) is 0.750. The monoisotopic (exact) mass is 327 g/mol. The van der Waals surface area contributed by atoms with Crippen molar-refractivity contribution in [2.24, 2.45) is 0 Å². The first-order chi connectivity index (χ1) is 11.7. The van der Waals surface area contributed by atoms with Crippen molar-refractivity contribution in [2.75, 3.05) is 20.8 Å². The maximum Gasteiger partial charge on any atom is 0.258 e. The molecular weight excluding hydrogens is 306 g/mol. The second kappa shape index (κ2) is 6.84. The SMILES string of the molecule is CCN[C@H](C)c1cc(-c2cn3ccnc3c(OC)n2)c(OC)cn1. The summed E-state index contributed by atoms with van der Waals surface area (Å²) in [5, 5.41) is 3.36. The van der Waals surface area contributed by atoms with E-state index in [-0.39, 0.29) is 6.04 Å². The molecule has 0 radical (unpaired) electrons. The van der Waals surface area contributed by atoms with Crippen molar-refractivity contribution < 1.29 is 9.47 Å². The molecule has 24 heavy (non-hydrogen) atoms. The fourth-order valence-corrected chi connectivity index (χ4v) is 2.64. The van der Waals surface area contributed by atoms with Crippen LogP contribution in [0.1, 0.15) is 25.6 Å². The van der Waals surface area contributed by atoms with E-state index in [1.807, 2.05) is 22.9 Å². The third-order valence-electron chi connectivity index (χ3n) is 3.88. The molecule has 1 N–H and O–H groups in total. The summed E-state index contributed by atoms with van der Waals surface area (Å²) >= 11 is 0. The Morgan fingerprint density at radius 3 is 2.79 bits per heavy atom. The summed E-state index contributed by atoms with van der Waals surface area (Å²) in [6.07, 6.45) is 7.21. The zero-order valence-electron chi connectivity index (χ0n) is 14.3. The van der Waals surface area contributed by atoms with Gasteiger partial charge in [0.2, 0.25) is 0 Å². The van der Waals surface area contributed by atoms with Gasteiger partial charge < -0.3 is 19.2 Å². The Morgan fingerprint density at radius 1 is 1.25 bits per heavy atom. The van der Waals surface area contributed by atoms with Crippen molar-refractivity contribution in [3.05, 3.63) is 36.5 Å². The third kappa shape index (κ3) is 2.90. The molecule has 0 saturated carbocycles. The summed E-state index contributed by atoms with van der Waals surface area (Å²) in [5.41, 5.74) is 3.21. The molecule has 0 aliphatic heterocycles. The molecule has 7 heteroatoms. The first-order valence-electron chi connectivity index (χ1n) is 7.83. The van der Waals surface area contributed by atoms with Crippen LogP contribution in [0.4, 0.5) is 0 Å². The maximum absolute atomic E-state index is 5.47. The van der Waals surface area contributed by atoms with Crippen LogP contribution in [0.3, 0.4) is 0 Å². The first-order valence-corrected chi connectivity index (χ1v) is 7.83. The van der Waals surface area contributed by atoms with Crippen molar-refractivity contribution in [3.63, 3.8) is 0 Å². The van der Waals surface area contributed by atoms with E-state index in [0.717, 1.165) is 23.5 Å². The highest BCUT2D eigenvalue weighted by Crippen LogP contribution is 2.31. The van der Waals surface area contributed by atoms with Crippen LogP contribution in [-0.4, -0.2) is 40.1 Å². The van der Waals surface area contributed by atoms with E-state index in [2.05, 4.69) is 34.1 Å². The predicted octanol–water partition coefficient (Wildman–Crippen LogP) is 2.48. The third-order valence-corrected chi connectivity index (χ3v) is 3.88. The Balaban J connectivity index is 2.14. The summed E-state index contributed by atoms with van der Waals surface area (Å²) < 4.78 is 12.7. The predicted molar refractivity (Wildman–Crippen MR) is 91.4 cm³/mol. The second-order valence-electron chi connectivity index (χ2n) is 5.38. The molecule has 126 valence electrons. The standard InChI is InChI=1S/C17H21N5O2/c1-5-18-11(2)13-8-12(15(23-3)9-20-13)14-10-22-7-6-19-16(22)17(21-14)24-4/h6-11,18H,5H2,1-4H3/t11-/m1/s1. The molecule has 0 aliphatic carbocycles. The normalized spacial score (nSPS) is 12.3. The number of ether oxygens (including phenoxy) is 2. The van der Waals surface area contributed by atoms with E-state index in [9.17, 15) is 0 Å². The average molecular weight is 327 g/mol. The zero-order valence-corrected chi connectivity index (χ0v) is 14.3. The molecule has 0 bridgehead atoms. The van der Waals surface area contributed by atoms with Gasteiger partial charge in [-0.25, -0.2) is 9.97 Å². The lowest BCUT2D eigenvalue weighted by molar-refractivity contribution is 0.399. The minimum absolute atomic E-state index is 0.138. The van der Waals surface area contributed by atoms with Crippen molar-refractivity contribution in [2.45, 2.75) is 19.9 Å². The van der Waals surface area contributed by atoms with Gasteiger partial charge in [-0.3, -0.25) is 4.98 Å². The van der Waals surface area contributed by atoms with Gasteiger partial charge in [-0.1, -0.05) is 6.92 Å². The number of hydrogen-bond acceptors (Lipinski definition) is 6. The van der Waals surface area contributed by atoms with Crippen LogP contribution in [-0.2, 0) is 0 Å². The lowest BCUT2D eigenvalue weighted by Gasteiger charge is -2.15. The summed E-state index contributed by atoms with van der Waals surface area (Å²) in [6.45, 7) is 5.02. The van der Waals surface area contributed by atoms with Crippen LogP contribution in [0, 0.1) is 0 Å². The minimum atomic E-state index is 0.138. The van der Waals surface area contributed by atoms with Crippen LogP contribution < -0.4 is 14.8 Å². The molecule has 0 aromatic carbocycles. The van der Waals surface area contributed by atoms with E-state index in [0.29, 0.717) is 17.3 Å². The van der Waals surface area contributed by atoms with E-state index in [4.69, 9.17) is 9.47 Å². The molecule has 0 amide bonds. The van der Waals surface area contributed by atoms with E-state index in [1.54, 1.807) is 26.6 Å². The largest absolute Gasteiger partial charge is 0.494 e. The number of fused-ring (bicyclic) bond motifs is 1. The maximum atomic E-state index is 5.47. The number of hydrogen-bond donors (Lipinski definition) is 1. The molecule has 3 rings (SSSR count). The Labute approximate surface area is 140 Å². The number of rotatable bonds is 6. The van der Waals surface area contributed by atoms with Gasteiger partial charge in [-0.2, -0.15) is 0 Å². The Morgan fingerprint density at radius 2 is 2.08 bits per heavy atom. The molecule has 0 fully saturated rings. The summed E-state index contributed by atoms with van der Waals surface area (Å²) in [7, 11) is 3.21. The first kappa shape index (κ1) is 16.2. The van der Waals surface area contributed by atoms with Gasteiger partial charge in [0, 0.05) is 30.2 Å². The fourth-order valence-electron chi connectivity index (χ4n) is 2.64. The highest BCUT2D eigenvalue weighted by molar-refractivity contribution is 5.69. The van der Waals surface area contributed by atoms with Crippen molar-refractivity contribution in [1.29, 1.82) is 0 Å². The fraction of sp³-hybridized carbons (Fsp3) is 0.353. The van der Waals surface area contributed by atoms with Crippen molar-refractivity contribution in [1.82, 2.24) is 24.7 Å². The number of nitrogens with zero attached hydrogens (tertiary/aromatic N) is 4. The molecule has 3 aromatic heterocycles. The van der Waals surface area contributed by atoms with Gasteiger partial charge in [-0.05, 0) is 19.5 Å². The van der Waals surface area contributed by atoms with Gasteiger partial charge in [0.15, 0.2) is 5.65 Å². The number of nitrogens with one attached hydrogen (secondary N) is 1. The molecule has 3 heterocycles. The number of pyridine rings is 1. The molecule has 0 aliphatic rings. The number of aromatic nitrogens is 4. The summed E-state index contributed by atoms with van der Waals surface area (Å²) in [6, 6.07) is 2.13. The van der Waals surface area contributed by atoms with Gasteiger partial charge in [-0.15, -0.1) is 0 Å². The van der Waals surface area contributed by atoms with Crippen LogP contribution in [0.25, 0.3) is 16.9 Å². The molecule has 0 unspecified atom stereocenters. The van der Waals surface area contributed by atoms with Gasteiger partial charge >= 0.3 is 0 Å². The number of imidazole rings is 1. The Hall–Kier alpha value is -2.67. The smallest absolute Gasteiger partial charge is 0.258 e. The van der Waals surface area contributed by atoms with Gasteiger partial charge in [0.1, 0.15) is 5.75 Å². The zero-order chi connectivity index (χ0) is 17.1. The van der Waals surface area contributed by atoms with Crippen molar-refractivity contribution in [3.8, 4) is 22.9 Å². The number of methoxy groups -OCH3 is 2. The van der Waals surface area contributed by atoms with Gasteiger partial charge in [0.05, 0.1) is 31.8 Å². The van der Waals surface area contributed by atoms with Crippen LogP contribution in [0.2, 0.25) is 0 Å². The van der Waals surface area contributed by atoms with Crippen LogP contribution >= 0.6 is 0 Å².